The van der Waals surface area contributed by atoms with Crippen LogP contribution in [0.1, 0.15) is 91.5 Å². The molecule has 164 valence electrons. The van der Waals surface area contributed by atoms with Gasteiger partial charge in [-0.15, -0.1) is 0 Å². The van der Waals surface area contributed by atoms with Gasteiger partial charge in [-0.2, -0.15) is 0 Å². The summed E-state index contributed by atoms with van der Waals surface area (Å²) < 4.78 is 0. The molecule has 2 aliphatic rings. The summed E-state index contributed by atoms with van der Waals surface area (Å²) >= 11 is 0. The minimum atomic E-state index is 1.08. The van der Waals surface area contributed by atoms with E-state index in [1.807, 2.05) is 69.2 Å². The lowest BCUT2D eigenvalue weighted by Gasteiger charge is -2.06. The van der Waals surface area contributed by atoms with Gasteiger partial charge in [-0.05, 0) is 69.5 Å². The van der Waals surface area contributed by atoms with Gasteiger partial charge in [0.25, 0.3) is 0 Å². The Morgan fingerprint density at radius 2 is 0.667 bits per heavy atom. The number of hydrogen-bond donors (Lipinski definition) is 0. The summed E-state index contributed by atoms with van der Waals surface area (Å²) in [5, 5.41) is 0. The molecule has 5 rings (SSSR count). The average Bonchev–Trinajstić information content (AvgIpc) is 3.41. The van der Waals surface area contributed by atoms with Gasteiger partial charge in [0.1, 0.15) is 0 Å². The Labute approximate surface area is 187 Å². The fraction of sp³-hybridized carbons (Fsp3) is 0.400. The average molecular weight is 405 g/mol. The predicted octanol–water partition coefficient (Wildman–Crippen LogP) is 9.96. The van der Waals surface area contributed by atoms with Crippen molar-refractivity contribution in [3.8, 4) is 22.3 Å². The lowest BCUT2D eigenvalue weighted by molar-refractivity contribution is 1.24. The molecule has 0 atom stereocenters. The number of hydrogen-bond acceptors (Lipinski definition) is 0. The molecule has 0 radical (unpaired) electrons. The lowest BCUT2D eigenvalue weighted by atomic mass is 9.98. The summed E-state index contributed by atoms with van der Waals surface area (Å²) in [4.78, 5) is 0. The normalized spacial score (nSPS) is 10.1. The Morgan fingerprint density at radius 1 is 0.367 bits per heavy atom. The maximum absolute atomic E-state index is 2.43. The molecule has 3 aromatic carbocycles. The quantitative estimate of drug-likeness (QED) is 0.241. The van der Waals surface area contributed by atoms with E-state index < -0.39 is 0 Å². The summed E-state index contributed by atoms with van der Waals surface area (Å²) in [6.45, 7) is 20.0. The van der Waals surface area contributed by atoms with Crippen LogP contribution in [-0.2, 0) is 12.8 Å². The first-order valence-electron chi connectivity index (χ1n) is 12.2. The van der Waals surface area contributed by atoms with E-state index in [-0.39, 0.29) is 0 Å². The van der Waals surface area contributed by atoms with Gasteiger partial charge in [0.15, 0.2) is 0 Å². The third-order valence-corrected chi connectivity index (χ3v) is 4.71. The van der Waals surface area contributed by atoms with Crippen molar-refractivity contribution >= 4 is 0 Å². The first-order chi connectivity index (χ1) is 14.9. The van der Waals surface area contributed by atoms with Crippen molar-refractivity contribution < 1.29 is 0 Å². The van der Waals surface area contributed by atoms with Crippen LogP contribution in [-0.4, -0.2) is 0 Å². The van der Waals surface area contributed by atoms with Gasteiger partial charge >= 0.3 is 0 Å². The van der Waals surface area contributed by atoms with Crippen LogP contribution in [0.15, 0.2) is 60.7 Å². The molecule has 0 nitrogen and oxygen atoms in total. The second kappa shape index (κ2) is 15.5. The SMILES string of the molecule is CC.CC.CC.CC.CC.c1ccc2c(c1)Cc1cc3c(cc1-2)Cc1ccccc1-3. The summed E-state index contributed by atoms with van der Waals surface area (Å²) in [6.07, 6.45) is 2.17. The van der Waals surface area contributed by atoms with Gasteiger partial charge in [-0.25, -0.2) is 0 Å². The zero-order valence-electron chi connectivity index (χ0n) is 21.2. The predicted molar refractivity (Wildman–Crippen MR) is 140 cm³/mol. The number of benzene rings is 3. The van der Waals surface area contributed by atoms with Crippen molar-refractivity contribution in [2.24, 2.45) is 0 Å². The van der Waals surface area contributed by atoms with E-state index in [9.17, 15) is 0 Å². The topological polar surface area (TPSA) is 0 Å². The van der Waals surface area contributed by atoms with Gasteiger partial charge in [0.05, 0.1) is 0 Å². The van der Waals surface area contributed by atoms with Crippen molar-refractivity contribution in [1.29, 1.82) is 0 Å². The highest BCUT2D eigenvalue weighted by Crippen LogP contribution is 2.44. The van der Waals surface area contributed by atoms with Crippen molar-refractivity contribution in [3.05, 3.63) is 82.9 Å². The Hall–Kier alpha value is -2.34. The van der Waals surface area contributed by atoms with Crippen LogP contribution in [0, 0.1) is 0 Å². The number of fused-ring (bicyclic) bond motifs is 6. The minimum Gasteiger partial charge on any atom is -0.0683 e. The van der Waals surface area contributed by atoms with E-state index >= 15 is 0 Å². The first kappa shape index (κ1) is 27.7. The van der Waals surface area contributed by atoms with Crippen LogP contribution < -0.4 is 0 Å². The third-order valence-electron chi connectivity index (χ3n) is 4.71. The van der Waals surface area contributed by atoms with E-state index in [1.165, 1.54) is 44.5 Å². The summed E-state index contributed by atoms with van der Waals surface area (Å²) in [5.41, 5.74) is 11.7. The van der Waals surface area contributed by atoms with Crippen LogP contribution in [0.25, 0.3) is 22.3 Å². The molecule has 0 fully saturated rings. The molecule has 0 bridgehead atoms. The second-order valence-corrected chi connectivity index (χ2v) is 5.83. The Bertz CT molecular complexity index is 782. The molecule has 0 saturated carbocycles. The number of rotatable bonds is 0. The van der Waals surface area contributed by atoms with Crippen LogP contribution in [0.5, 0.6) is 0 Å². The largest absolute Gasteiger partial charge is 0.0683 e. The fourth-order valence-electron chi connectivity index (χ4n) is 3.77. The van der Waals surface area contributed by atoms with Crippen LogP contribution in [0.2, 0.25) is 0 Å². The van der Waals surface area contributed by atoms with Gasteiger partial charge < -0.3 is 0 Å². The summed E-state index contributed by atoms with van der Waals surface area (Å²) in [6, 6.07) is 22.5. The fourth-order valence-corrected chi connectivity index (χ4v) is 3.77. The highest BCUT2D eigenvalue weighted by Gasteiger charge is 2.24. The standard InChI is InChI=1S/C20H14.5C2H6/c1-3-7-17-13(5-1)9-15-11-20-16(12-19(15)17)10-14-6-2-4-8-18(14)20;5*1-2/h1-8,11-12H,9-10H2;5*1-2H3. The summed E-state index contributed by atoms with van der Waals surface area (Å²) in [7, 11) is 0. The van der Waals surface area contributed by atoms with Gasteiger partial charge in [0.2, 0.25) is 0 Å². The molecule has 0 spiro atoms. The molecule has 0 heteroatoms. The van der Waals surface area contributed by atoms with Crippen molar-refractivity contribution in [3.63, 3.8) is 0 Å². The van der Waals surface area contributed by atoms with Gasteiger partial charge in [-0.3, -0.25) is 0 Å². The lowest BCUT2D eigenvalue weighted by Crippen LogP contribution is -1.85. The highest BCUT2D eigenvalue weighted by atomic mass is 14.3. The highest BCUT2D eigenvalue weighted by molar-refractivity contribution is 5.85. The Balaban J connectivity index is 0.000000748. The molecule has 0 N–H and O–H groups in total. The van der Waals surface area contributed by atoms with Crippen LogP contribution >= 0.6 is 0 Å². The molecule has 0 unspecified atom stereocenters. The van der Waals surface area contributed by atoms with Crippen LogP contribution in [0.3, 0.4) is 0 Å². The first-order valence-corrected chi connectivity index (χ1v) is 12.2. The van der Waals surface area contributed by atoms with E-state index in [4.69, 9.17) is 0 Å². The van der Waals surface area contributed by atoms with Gasteiger partial charge in [0, 0.05) is 0 Å². The summed E-state index contributed by atoms with van der Waals surface area (Å²) in [5.74, 6) is 0. The van der Waals surface area contributed by atoms with Crippen molar-refractivity contribution in [2.75, 3.05) is 0 Å². The molecule has 0 aliphatic heterocycles. The molecule has 0 amide bonds. The van der Waals surface area contributed by atoms with E-state index in [0.717, 1.165) is 12.8 Å². The second-order valence-electron chi connectivity index (χ2n) is 5.83. The molecular formula is C30H44. The zero-order valence-corrected chi connectivity index (χ0v) is 21.2. The minimum absolute atomic E-state index is 1.08. The van der Waals surface area contributed by atoms with E-state index in [0.29, 0.717) is 0 Å². The molecule has 0 saturated heterocycles. The molecule has 0 heterocycles. The molecule has 0 aromatic heterocycles. The monoisotopic (exact) mass is 404 g/mol. The third kappa shape index (κ3) is 5.85. The van der Waals surface area contributed by atoms with E-state index in [1.54, 1.807) is 0 Å². The van der Waals surface area contributed by atoms with Crippen LogP contribution in [0.4, 0.5) is 0 Å². The molecule has 3 aromatic rings. The smallest absolute Gasteiger partial charge is 0.00132 e. The maximum Gasteiger partial charge on any atom is -0.00132 e. The van der Waals surface area contributed by atoms with Gasteiger partial charge in [-0.1, -0.05) is 118 Å². The zero-order chi connectivity index (χ0) is 23.1. The Kier molecular flexibility index (Phi) is 14.3. The Morgan fingerprint density at radius 3 is 1.00 bits per heavy atom. The van der Waals surface area contributed by atoms with E-state index in [2.05, 4.69) is 60.7 Å². The maximum atomic E-state index is 2.43. The van der Waals surface area contributed by atoms with Crippen molar-refractivity contribution in [1.82, 2.24) is 0 Å². The molecule has 2 aliphatic carbocycles. The molecule has 30 heavy (non-hydrogen) atoms. The molecular weight excluding hydrogens is 360 g/mol. The van der Waals surface area contributed by atoms with Crippen molar-refractivity contribution in [2.45, 2.75) is 82.1 Å².